The van der Waals surface area contributed by atoms with E-state index in [0.717, 1.165) is 30.2 Å². The van der Waals surface area contributed by atoms with Crippen LogP contribution in [0.15, 0.2) is 47.7 Å². The predicted octanol–water partition coefficient (Wildman–Crippen LogP) is 2.52. The highest BCUT2D eigenvalue weighted by Crippen LogP contribution is 2.15. The van der Waals surface area contributed by atoms with E-state index >= 15 is 0 Å². The molecule has 0 fully saturated rings. The van der Waals surface area contributed by atoms with Crippen molar-refractivity contribution in [2.75, 3.05) is 13.2 Å². The number of rotatable bonds is 8. The van der Waals surface area contributed by atoms with Gasteiger partial charge in [-0.05, 0) is 31.5 Å². The Morgan fingerprint density at radius 1 is 1.08 bits per heavy atom. The molecule has 0 spiro atoms. The minimum atomic E-state index is 0.504. The molecular weight excluding hydrogens is 302 g/mol. The van der Waals surface area contributed by atoms with Crippen molar-refractivity contribution < 1.29 is 4.74 Å². The van der Waals surface area contributed by atoms with Crippen LogP contribution >= 0.6 is 0 Å². The Balaban J connectivity index is 2.00. The van der Waals surface area contributed by atoms with E-state index in [-0.39, 0.29) is 0 Å². The number of pyridine rings is 2. The molecule has 0 bridgehead atoms. The molecule has 0 saturated heterocycles. The molecule has 2 rings (SSSR count). The van der Waals surface area contributed by atoms with E-state index in [0.29, 0.717) is 25.6 Å². The van der Waals surface area contributed by atoms with Crippen LogP contribution in [0.25, 0.3) is 0 Å². The van der Waals surface area contributed by atoms with Gasteiger partial charge in [-0.2, -0.15) is 0 Å². The highest BCUT2D eigenvalue weighted by molar-refractivity contribution is 5.79. The van der Waals surface area contributed by atoms with Crippen LogP contribution in [-0.4, -0.2) is 29.1 Å². The minimum absolute atomic E-state index is 0.504. The number of hydrogen-bond donors (Lipinski definition) is 2. The van der Waals surface area contributed by atoms with Crippen molar-refractivity contribution in [2.45, 2.75) is 33.4 Å². The van der Waals surface area contributed by atoms with Crippen LogP contribution in [0.1, 0.15) is 31.5 Å². The topological polar surface area (TPSA) is 71.4 Å². The summed E-state index contributed by atoms with van der Waals surface area (Å²) in [6.07, 6.45) is 4.48. The van der Waals surface area contributed by atoms with Gasteiger partial charge in [0.25, 0.3) is 0 Å². The third-order valence-electron chi connectivity index (χ3n) is 3.21. The van der Waals surface area contributed by atoms with Crippen molar-refractivity contribution in [3.05, 3.63) is 54.0 Å². The Bertz CT molecular complexity index is 630. The van der Waals surface area contributed by atoms with E-state index < -0.39 is 0 Å². The normalized spacial score (nSPS) is 11.2. The van der Waals surface area contributed by atoms with E-state index in [4.69, 9.17) is 4.74 Å². The van der Waals surface area contributed by atoms with Crippen LogP contribution in [0.2, 0.25) is 0 Å². The second-order valence-corrected chi connectivity index (χ2v) is 5.19. The standard InChI is InChI=1S/C18H25N5O/c1-3-12-24-17-15(8-7-11-21-17)13-22-18(19-4-2)23-14-16-9-5-6-10-20-16/h5-11H,3-4,12-14H2,1-2H3,(H2,19,22,23). The largest absolute Gasteiger partial charge is 0.477 e. The first-order chi connectivity index (χ1) is 11.8. The summed E-state index contributed by atoms with van der Waals surface area (Å²) in [5.74, 6) is 1.40. The quantitative estimate of drug-likeness (QED) is 0.576. The highest BCUT2D eigenvalue weighted by Gasteiger charge is 2.05. The second-order valence-electron chi connectivity index (χ2n) is 5.19. The van der Waals surface area contributed by atoms with Crippen LogP contribution < -0.4 is 15.4 Å². The van der Waals surface area contributed by atoms with Crippen molar-refractivity contribution in [2.24, 2.45) is 4.99 Å². The van der Waals surface area contributed by atoms with Crippen LogP contribution in [0.3, 0.4) is 0 Å². The van der Waals surface area contributed by atoms with Gasteiger partial charge in [0, 0.05) is 24.5 Å². The molecule has 0 aliphatic carbocycles. The number of aliphatic imine (C=N–C) groups is 1. The number of guanidine groups is 1. The molecule has 0 amide bonds. The Hall–Kier alpha value is -2.63. The molecule has 2 heterocycles. The SMILES string of the molecule is CCCOc1ncccc1CN=C(NCC)NCc1ccccn1. The molecular formula is C18H25N5O. The number of hydrogen-bond acceptors (Lipinski definition) is 4. The fraction of sp³-hybridized carbons (Fsp3) is 0.389. The lowest BCUT2D eigenvalue weighted by atomic mass is 10.3. The minimum Gasteiger partial charge on any atom is -0.477 e. The molecule has 128 valence electrons. The summed E-state index contributed by atoms with van der Waals surface area (Å²) in [5, 5.41) is 6.52. The molecule has 0 radical (unpaired) electrons. The lowest BCUT2D eigenvalue weighted by Gasteiger charge is -2.12. The fourth-order valence-corrected chi connectivity index (χ4v) is 2.06. The molecule has 24 heavy (non-hydrogen) atoms. The lowest BCUT2D eigenvalue weighted by molar-refractivity contribution is 0.302. The van der Waals surface area contributed by atoms with Gasteiger partial charge in [-0.15, -0.1) is 0 Å². The van der Waals surface area contributed by atoms with Crippen LogP contribution in [0, 0.1) is 0 Å². The first kappa shape index (κ1) is 17.7. The fourth-order valence-electron chi connectivity index (χ4n) is 2.06. The Morgan fingerprint density at radius 2 is 1.96 bits per heavy atom. The monoisotopic (exact) mass is 327 g/mol. The van der Waals surface area contributed by atoms with Crippen molar-refractivity contribution >= 4 is 5.96 Å². The molecule has 2 N–H and O–H groups in total. The first-order valence-electron chi connectivity index (χ1n) is 8.32. The zero-order valence-corrected chi connectivity index (χ0v) is 14.3. The van der Waals surface area contributed by atoms with Crippen LogP contribution in [-0.2, 0) is 13.1 Å². The third kappa shape index (κ3) is 5.87. The van der Waals surface area contributed by atoms with Gasteiger partial charge in [-0.25, -0.2) is 9.98 Å². The van der Waals surface area contributed by atoms with Crippen LogP contribution in [0.5, 0.6) is 5.88 Å². The van der Waals surface area contributed by atoms with Crippen molar-refractivity contribution in [3.63, 3.8) is 0 Å². The van der Waals surface area contributed by atoms with Crippen LogP contribution in [0.4, 0.5) is 0 Å². The highest BCUT2D eigenvalue weighted by atomic mass is 16.5. The van der Waals surface area contributed by atoms with Gasteiger partial charge in [0.15, 0.2) is 5.96 Å². The maximum Gasteiger partial charge on any atom is 0.218 e. The number of nitrogens with one attached hydrogen (secondary N) is 2. The molecule has 6 nitrogen and oxygen atoms in total. The zero-order valence-electron chi connectivity index (χ0n) is 14.3. The molecule has 0 atom stereocenters. The maximum absolute atomic E-state index is 5.68. The van der Waals surface area contributed by atoms with E-state index in [9.17, 15) is 0 Å². The summed E-state index contributed by atoms with van der Waals surface area (Å²) in [7, 11) is 0. The molecule has 0 aromatic carbocycles. The summed E-state index contributed by atoms with van der Waals surface area (Å²) in [6, 6.07) is 9.75. The summed E-state index contributed by atoms with van der Waals surface area (Å²) in [5.41, 5.74) is 1.94. The Labute approximate surface area is 143 Å². The average Bonchev–Trinajstić information content (AvgIpc) is 2.64. The van der Waals surface area contributed by atoms with E-state index in [2.05, 4.69) is 32.5 Å². The van der Waals surface area contributed by atoms with E-state index in [1.165, 1.54) is 0 Å². The van der Waals surface area contributed by atoms with Crippen molar-refractivity contribution in [3.8, 4) is 5.88 Å². The summed E-state index contributed by atoms with van der Waals surface area (Å²) < 4.78 is 5.68. The van der Waals surface area contributed by atoms with Crippen molar-refractivity contribution in [1.29, 1.82) is 0 Å². The van der Waals surface area contributed by atoms with E-state index in [1.54, 1.807) is 12.4 Å². The summed E-state index contributed by atoms with van der Waals surface area (Å²) in [4.78, 5) is 13.2. The van der Waals surface area contributed by atoms with E-state index in [1.807, 2.05) is 37.3 Å². The zero-order chi connectivity index (χ0) is 17.0. The number of ether oxygens (including phenoxy) is 1. The first-order valence-corrected chi connectivity index (χ1v) is 8.32. The summed E-state index contributed by atoms with van der Waals surface area (Å²) in [6.45, 7) is 6.69. The maximum atomic E-state index is 5.68. The summed E-state index contributed by atoms with van der Waals surface area (Å²) >= 11 is 0. The van der Waals surface area contributed by atoms with Gasteiger partial charge in [0.2, 0.25) is 5.88 Å². The van der Waals surface area contributed by atoms with Gasteiger partial charge >= 0.3 is 0 Å². The molecule has 2 aromatic rings. The smallest absolute Gasteiger partial charge is 0.218 e. The second kappa shape index (κ2) is 10.2. The van der Waals surface area contributed by atoms with Gasteiger partial charge in [0.05, 0.1) is 25.4 Å². The Morgan fingerprint density at radius 3 is 2.71 bits per heavy atom. The molecule has 0 unspecified atom stereocenters. The van der Waals surface area contributed by atoms with Gasteiger partial charge in [-0.1, -0.05) is 19.1 Å². The van der Waals surface area contributed by atoms with Gasteiger partial charge in [-0.3, -0.25) is 4.98 Å². The average molecular weight is 327 g/mol. The van der Waals surface area contributed by atoms with Crippen molar-refractivity contribution in [1.82, 2.24) is 20.6 Å². The molecule has 0 aliphatic heterocycles. The lowest BCUT2D eigenvalue weighted by Crippen LogP contribution is -2.37. The predicted molar refractivity (Wildman–Crippen MR) is 95.9 cm³/mol. The van der Waals surface area contributed by atoms with Gasteiger partial charge < -0.3 is 15.4 Å². The molecule has 0 saturated carbocycles. The number of nitrogens with zero attached hydrogens (tertiary/aromatic N) is 3. The molecule has 6 heteroatoms. The third-order valence-corrected chi connectivity index (χ3v) is 3.21. The van der Waals surface area contributed by atoms with Gasteiger partial charge in [0.1, 0.15) is 0 Å². The number of aromatic nitrogens is 2. The molecule has 2 aromatic heterocycles. The Kier molecular flexibility index (Phi) is 7.53. The molecule has 0 aliphatic rings.